The monoisotopic (exact) mass is 300 g/mol. The van der Waals surface area contributed by atoms with Crippen LogP contribution in [-0.4, -0.2) is 26.6 Å². The van der Waals surface area contributed by atoms with Gasteiger partial charge in [-0.15, -0.1) is 0 Å². The lowest BCUT2D eigenvalue weighted by Crippen LogP contribution is -2.26. The molecule has 1 amide bonds. The second-order valence-corrected chi connectivity index (χ2v) is 5.66. The maximum Gasteiger partial charge on any atom is 0.263 e. The fourth-order valence-electron chi connectivity index (χ4n) is 2.06. The molecule has 0 bridgehead atoms. The zero-order valence-electron chi connectivity index (χ0n) is 11.7. The molecular formula is C15H16N4OS. The number of nitrogens with one attached hydrogen (secondary N) is 1. The molecule has 0 aliphatic heterocycles. The summed E-state index contributed by atoms with van der Waals surface area (Å²) in [4.78, 5) is 17.3. The Balaban J connectivity index is 1.64. The first-order valence-electron chi connectivity index (χ1n) is 6.74. The SMILES string of the molecule is Cc1nc(-n2cccc2)sc1C(=O)NCCn1cccc1. The Bertz CT molecular complexity index is 713. The molecule has 0 saturated carbocycles. The molecule has 6 heteroatoms. The number of nitrogens with zero attached hydrogens (tertiary/aromatic N) is 3. The molecule has 3 aromatic heterocycles. The van der Waals surface area contributed by atoms with Gasteiger partial charge in [0.1, 0.15) is 4.88 Å². The lowest BCUT2D eigenvalue weighted by atomic mass is 10.4. The van der Waals surface area contributed by atoms with Gasteiger partial charge in [-0.1, -0.05) is 11.3 Å². The Morgan fingerprint density at radius 1 is 1.19 bits per heavy atom. The highest BCUT2D eigenvalue weighted by Crippen LogP contribution is 2.21. The normalized spacial score (nSPS) is 10.7. The topological polar surface area (TPSA) is 51.9 Å². The van der Waals surface area contributed by atoms with Crippen molar-refractivity contribution in [2.24, 2.45) is 0 Å². The van der Waals surface area contributed by atoms with Gasteiger partial charge in [-0.3, -0.25) is 4.79 Å². The standard InChI is InChI=1S/C15H16N4OS/c1-12-13(21-15(17-12)19-9-4-5-10-19)14(20)16-6-11-18-7-2-3-8-18/h2-5,7-10H,6,11H2,1H3,(H,16,20). The van der Waals surface area contributed by atoms with E-state index >= 15 is 0 Å². The number of rotatable bonds is 5. The van der Waals surface area contributed by atoms with Crippen molar-refractivity contribution in [3.05, 3.63) is 59.6 Å². The Morgan fingerprint density at radius 2 is 1.86 bits per heavy atom. The second kappa shape index (κ2) is 5.97. The molecule has 5 nitrogen and oxygen atoms in total. The summed E-state index contributed by atoms with van der Waals surface area (Å²) in [5.74, 6) is -0.0597. The van der Waals surface area contributed by atoms with E-state index in [4.69, 9.17) is 0 Å². The molecule has 0 aliphatic carbocycles. The minimum absolute atomic E-state index is 0.0597. The summed E-state index contributed by atoms with van der Waals surface area (Å²) < 4.78 is 3.94. The van der Waals surface area contributed by atoms with Crippen molar-refractivity contribution >= 4 is 17.2 Å². The lowest BCUT2D eigenvalue weighted by Gasteiger charge is -2.05. The Labute approximate surface area is 126 Å². The van der Waals surface area contributed by atoms with Gasteiger partial charge in [-0.2, -0.15) is 0 Å². The van der Waals surface area contributed by atoms with E-state index in [0.717, 1.165) is 17.4 Å². The third kappa shape index (κ3) is 3.05. The van der Waals surface area contributed by atoms with Gasteiger partial charge >= 0.3 is 0 Å². The van der Waals surface area contributed by atoms with Gasteiger partial charge in [0.25, 0.3) is 5.91 Å². The summed E-state index contributed by atoms with van der Waals surface area (Å²) in [7, 11) is 0. The van der Waals surface area contributed by atoms with Crippen LogP contribution in [-0.2, 0) is 6.54 Å². The maximum atomic E-state index is 12.2. The van der Waals surface area contributed by atoms with E-state index in [2.05, 4.69) is 10.3 Å². The molecule has 21 heavy (non-hydrogen) atoms. The summed E-state index contributed by atoms with van der Waals surface area (Å²) in [6.45, 7) is 3.23. The number of thiazole rings is 1. The quantitative estimate of drug-likeness (QED) is 0.787. The highest BCUT2D eigenvalue weighted by atomic mass is 32.1. The van der Waals surface area contributed by atoms with Gasteiger partial charge in [0.2, 0.25) is 0 Å². The van der Waals surface area contributed by atoms with Crippen LogP contribution in [0.15, 0.2) is 49.1 Å². The summed E-state index contributed by atoms with van der Waals surface area (Å²) in [5.41, 5.74) is 0.766. The first kappa shape index (κ1) is 13.6. The average Bonchev–Trinajstić information content (AvgIpc) is 3.19. The van der Waals surface area contributed by atoms with Crippen LogP contribution < -0.4 is 5.32 Å². The van der Waals surface area contributed by atoms with Crippen molar-refractivity contribution in [3.8, 4) is 5.13 Å². The van der Waals surface area contributed by atoms with Crippen LogP contribution in [0.25, 0.3) is 5.13 Å². The molecule has 3 heterocycles. The summed E-state index contributed by atoms with van der Waals surface area (Å²) in [6.07, 6.45) is 7.81. The molecule has 1 N–H and O–H groups in total. The zero-order valence-corrected chi connectivity index (χ0v) is 12.5. The predicted molar refractivity (Wildman–Crippen MR) is 82.9 cm³/mol. The van der Waals surface area contributed by atoms with E-state index in [9.17, 15) is 4.79 Å². The molecule has 108 valence electrons. The maximum absolute atomic E-state index is 12.2. The summed E-state index contributed by atoms with van der Waals surface area (Å²) in [6, 6.07) is 7.82. The summed E-state index contributed by atoms with van der Waals surface area (Å²) in [5, 5.41) is 3.75. The highest BCUT2D eigenvalue weighted by molar-refractivity contribution is 7.16. The van der Waals surface area contributed by atoms with Crippen molar-refractivity contribution in [1.82, 2.24) is 19.4 Å². The molecule has 3 rings (SSSR count). The molecule has 0 aliphatic rings. The number of hydrogen-bond donors (Lipinski definition) is 1. The van der Waals surface area contributed by atoms with Gasteiger partial charge in [-0.05, 0) is 31.2 Å². The Kier molecular flexibility index (Phi) is 3.87. The fraction of sp³-hybridized carbons (Fsp3) is 0.200. The van der Waals surface area contributed by atoms with E-state index in [1.54, 1.807) is 0 Å². The van der Waals surface area contributed by atoms with Crippen molar-refractivity contribution in [1.29, 1.82) is 0 Å². The minimum atomic E-state index is -0.0597. The van der Waals surface area contributed by atoms with E-state index in [0.29, 0.717) is 11.4 Å². The van der Waals surface area contributed by atoms with Crippen molar-refractivity contribution < 1.29 is 4.79 Å². The van der Waals surface area contributed by atoms with Crippen molar-refractivity contribution in [2.45, 2.75) is 13.5 Å². The third-order valence-corrected chi connectivity index (χ3v) is 4.31. The smallest absolute Gasteiger partial charge is 0.263 e. The second-order valence-electron chi connectivity index (χ2n) is 4.68. The third-order valence-electron chi connectivity index (χ3n) is 3.14. The molecule has 0 saturated heterocycles. The number of aryl methyl sites for hydroxylation is 1. The van der Waals surface area contributed by atoms with E-state index in [-0.39, 0.29) is 5.91 Å². The van der Waals surface area contributed by atoms with Crippen molar-refractivity contribution in [3.63, 3.8) is 0 Å². The number of carbonyl (C=O) groups is 1. The molecular weight excluding hydrogens is 284 g/mol. The Hall–Kier alpha value is -2.34. The molecule has 0 unspecified atom stereocenters. The van der Waals surface area contributed by atoms with Crippen LogP contribution in [0.2, 0.25) is 0 Å². The van der Waals surface area contributed by atoms with Crippen LogP contribution in [0.1, 0.15) is 15.4 Å². The number of amides is 1. The fourth-order valence-corrected chi connectivity index (χ4v) is 3.01. The molecule has 0 radical (unpaired) electrons. The van der Waals surface area contributed by atoms with Crippen LogP contribution in [0.3, 0.4) is 0 Å². The zero-order chi connectivity index (χ0) is 14.7. The van der Waals surface area contributed by atoms with Gasteiger partial charge in [-0.25, -0.2) is 4.98 Å². The van der Waals surface area contributed by atoms with Crippen LogP contribution in [0.4, 0.5) is 0 Å². The molecule has 3 aromatic rings. The lowest BCUT2D eigenvalue weighted by molar-refractivity contribution is 0.0955. The molecule has 0 spiro atoms. The van der Waals surface area contributed by atoms with Gasteiger partial charge in [0.05, 0.1) is 5.69 Å². The van der Waals surface area contributed by atoms with Gasteiger partial charge in [0, 0.05) is 37.9 Å². The van der Waals surface area contributed by atoms with E-state index in [1.165, 1.54) is 11.3 Å². The Morgan fingerprint density at radius 3 is 2.57 bits per heavy atom. The first-order chi connectivity index (χ1) is 10.2. The molecule has 0 aromatic carbocycles. The van der Waals surface area contributed by atoms with Gasteiger partial charge in [0.15, 0.2) is 5.13 Å². The van der Waals surface area contributed by atoms with Gasteiger partial charge < -0.3 is 14.5 Å². The highest BCUT2D eigenvalue weighted by Gasteiger charge is 2.15. The van der Waals surface area contributed by atoms with E-state index < -0.39 is 0 Å². The largest absolute Gasteiger partial charge is 0.353 e. The average molecular weight is 300 g/mol. The first-order valence-corrected chi connectivity index (χ1v) is 7.55. The van der Waals surface area contributed by atoms with Crippen LogP contribution in [0.5, 0.6) is 0 Å². The van der Waals surface area contributed by atoms with E-state index in [1.807, 2.05) is 65.1 Å². The number of hydrogen-bond acceptors (Lipinski definition) is 3. The van der Waals surface area contributed by atoms with Crippen LogP contribution in [0, 0.1) is 6.92 Å². The predicted octanol–water partition coefficient (Wildman–Crippen LogP) is 2.47. The number of carbonyl (C=O) groups excluding carboxylic acids is 1. The molecule has 0 atom stereocenters. The number of aromatic nitrogens is 3. The van der Waals surface area contributed by atoms with Crippen molar-refractivity contribution in [2.75, 3.05) is 6.54 Å². The minimum Gasteiger partial charge on any atom is -0.353 e. The van der Waals surface area contributed by atoms with Crippen LogP contribution >= 0.6 is 11.3 Å². The molecule has 0 fully saturated rings. The summed E-state index contributed by atoms with van der Waals surface area (Å²) >= 11 is 1.41.